The van der Waals surface area contributed by atoms with Crippen LogP contribution in [0.25, 0.3) is 0 Å². The van der Waals surface area contributed by atoms with Gasteiger partial charge in [0, 0.05) is 17.6 Å². The zero-order valence-electron chi connectivity index (χ0n) is 14.7. The van der Waals surface area contributed by atoms with Crippen molar-refractivity contribution in [1.29, 1.82) is 0 Å². The lowest BCUT2D eigenvalue weighted by Gasteiger charge is -2.33. The van der Waals surface area contributed by atoms with Crippen molar-refractivity contribution in [3.05, 3.63) is 34.9 Å². The smallest absolute Gasteiger partial charge is 0.230 e. The first-order chi connectivity index (χ1) is 11.9. The molecule has 0 aromatic heterocycles. The second-order valence-corrected chi connectivity index (χ2v) is 9.92. The summed E-state index contributed by atoms with van der Waals surface area (Å²) in [4.78, 5) is 15.3. The number of halogens is 1. The highest BCUT2D eigenvalue weighted by atomic mass is 35.5. The third kappa shape index (κ3) is 4.20. The van der Waals surface area contributed by atoms with Crippen LogP contribution in [0.4, 0.5) is 0 Å². The molecule has 6 heteroatoms. The average Bonchev–Trinajstić information content (AvgIpc) is 3.20. The van der Waals surface area contributed by atoms with Crippen molar-refractivity contribution in [2.75, 3.05) is 18.1 Å². The van der Waals surface area contributed by atoms with Crippen molar-refractivity contribution in [2.45, 2.75) is 51.0 Å². The van der Waals surface area contributed by atoms with Crippen LogP contribution in [0, 0.1) is 5.92 Å². The Morgan fingerprint density at radius 1 is 1.20 bits per heavy atom. The van der Waals surface area contributed by atoms with Gasteiger partial charge in [0.05, 0.1) is 17.4 Å². The maximum absolute atomic E-state index is 13.4. The first-order valence-corrected chi connectivity index (χ1v) is 11.4. The van der Waals surface area contributed by atoms with Gasteiger partial charge in [-0.25, -0.2) is 8.42 Å². The highest BCUT2D eigenvalue weighted by Gasteiger charge is 2.39. The monoisotopic (exact) mass is 383 g/mol. The van der Waals surface area contributed by atoms with E-state index in [0.29, 0.717) is 23.9 Å². The number of amides is 1. The van der Waals surface area contributed by atoms with Gasteiger partial charge in [-0.15, -0.1) is 0 Å². The van der Waals surface area contributed by atoms with Gasteiger partial charge in [-0.3, -0.25) is 4.79 Å². The molecule has 2 fully saturated rings. The van der Waals surface area contributed by atoms with Gasteiger partial charge in [-0.2, -0.15) is 0 Å². The Kier molecular flexibility index (Phi) is 5.74. The minimum Gasteiger partial charge on any atom is -0.338 e. The van der Waals surface area contributed by atoms with Crippen LogP contribution in [0.2, 0.25) is 5.02 Å². The molecule has 2 unspecified atom stereocenters. The molecule has 0 N–H and O–H groups in total. The van der Waals surface area contributed by atoms with Gasteiger partial charge in [-0.1, -0.05) is 36.6 Å². The summed E-state index contributed by atoms with van der Waals surface area (Å²) in [5.41, 5.74) is 1.00. The molecule has 0 spiro atoms. The van der Waals surface area contributed by atoms with Gasteiger partial charge < -0.3 is 4.90 Å². The fraction of sp³-hybridized carbons (Fsp3) is 0.632. The zero-order chi connectivity index (χ0) is 18.0. The van der Waals surface area contributed by atoms with Crippen LogP contribution < -0.4 is 0 Å². The first-order valence-electron chi connectivity index (χ1n) is 9.17. The number of carbonyl (C=O) groups excluding carboxylic acids is 1. The van der Waals surface area contributed by atoms with E-state index in [1.807, 2.05) is 36.1 Å². The molecule has 1 heterocycles. The largest absolute Gasteiger partial charge is 0.338 e. The maximum Gasteiger partial charge on any atom is 0.230 e. The Hall–Kier alpha value is -1.07. The van der Waals surface area contributed by atoms with Crippen LogP contribution in [0.5, 0.6) is 0 Å². The van der Waals surface area contributed by atoms with E-state index in [1.165, 1.54) is 0 Å². The molecule has 1 aromatic carbocycles. The summed E-state index contributed by atoms with van der Waals surface area (Å²) in [5, 5.41) is 0.663. The van der Waals surface area contributed by atoms with Crippen LogP contribution in [0.15, 0.2) is 24.3 Å². The molecule has 1 saturated carbocycles. The van der Waals surface area contributed by atoms with Gasteiger partial charge in [0.2, 0.25) is 5.91 Å². The lowest BCUT2D eigenvalue weighted by molar-refractivity contribution is -0.135. The van der Waals surface area contributed by atoms with E-state index in [-0.39, 0.29) is 29.4 Å². The average molecular weight is 384 g/mol. The van der Waals surface area contributed by atoms with Gasteiger partial charge in [0.15, 0.2) is 9.84 Å². The molecule has 1 amide bonds. The Bertz CT molecular complexity index is 711. The molecule has 0 bridgehead atoms. The number of benzene rings is 1. The summed E-state index contributed by atoms with van der Waals surface area (Å²) in [6, 6.07) is 7.38. The molecular weight excluding hydrogens is 358 g/mol. The topological polar surface area (TPSA) is 54.5 Å². The lowest BCUT2D eigenvalue weighted by Crippen LogP contribution is -2.44. The van der Waals surface area contributed by atoms with E-state index in [1.54, 1.807) is 0 Å². The van der Waals surface area contributed by atoms with E-state index < -0.39 is 9.84 Å². The van der Waals surface area contributed by atoms with Gasteiger partial charge in [-0.05, 0) is 49.8 Å². The van der Waals surface area contributed by atoms with Crippen molar-refractivity contribution in [2.24, 2.45) is 5.92 Å². The highest BCUT2D eigenvalue weighted by Crippen LogP contribution is 2.39. The molecule has 2 atom stereocenters. The molecule has 2 aliphatic rings. The molecule has 1 aliphatic carbocycles. The summed E-state index contributed by atoms with van der Waals surface area (Å²) < 4.78 is 23.7. The number of hydrogen-bond donors (Lipinski definition) is 0. The molecule has 1 aliphatic heterocycles. The highest BCUT2D eigenvalue weighted by molar-refractivity contribution is 7.91. The second-order valence-electron chi connectivity index (χ2n) is 7.25. The Morgan fingerprint density at radius 2 is 1.84 bits per heavy atom. The van der Waals surface area contributed by atoms with Crippen LogP contribution in [-0.2, 0) is 14.6 Å². The molecule has 25 heavy (non-hydrogen) atoms. The Morgan fingerprint density at radius 3 is 2.36 bits per heavy atom. The van der Waals surface area contributed by atoms with Crippen molar-refractivity contribution in [1.82, 2.24) is 4.90 Å². The van der Waals surface area contributed by atoms with Crippen molar-refractivity contribution in [3.8, 4) is 0 Å². The number of rotatable bonds is 5. The number of hydrogen-bond acceptors (Lipinski definition) is 3. The van der Waals surface area contributed by atoms with E-state index in [4.69, 9.17) is 11.6 Å². The summed E-state index contributed by atoms with van der Waals surface area (Å²) >= 11 is 6.02. The summed E-state index contributed by atoms with van der Waals surface area (Å²) in [7, 11) is -3.01. The van der Waals surface area contributed by atoms with Crippen LogP contribution in [-0.4, -0.2) is 43.3 Å². The minimum absolute atomic E-state index is 0.0822. The van der Waals surface area contributed by atoms with Crippen molar-refractivity contribution in [3.63, 3.8) is 0 Å². The molecule has 4 nitrogen and oxygen atoms in total. The predicted molar refractivity (Wildman–Crippen MR) is 101 cm³/mol. The standard InChI is InChI=1S/C19H26ClNO3S/c1-2-21(17-11-12-25(23,24)13-17)19(22)18(14-5-3-4-6-14)15-7-9-16(20)10-8-15/h7-10,14,17-18H,2-6,11-13H2,1H3. The van der Waals surface area contributed by atoms with Gasteiger partial charge >= 0.3 is 0 Å². The van der Waals surface area contributed by atoms with E-state index >= 15 is 0 Å². The van der Waals surface area contributed by atoms with E-state index in [0.717, 1.165) is 31.2 Å². The van der Waals surface area contributed by atoms with Crippen LogP contribution in [0.1, 0.15) is 50.5 Å². The molecule has 138 valence electrons. The SMILES string of the molecule is CCN(C(=O)C(c1ccc(Cl)cc1)C1CCCC1)C1CCS(=O)(=O)C1. The van der Waals surface area contributed by atoms with Gasteiger partial charge in [0.25, 0.3) is 0 Å². The molecule has 0 radical (unpaired) electrons. The van der Waals surface area contributed by atoms with E-state index in [9.17, 15) is 13.2 Å². The van der Waals surface area contributed by atoms with E-state index in [2.05, 4.69) is 0 Å². The normalized spacial score (nSPS) is 24.3. The third-order valence-corrected chi connectivity index (χ3v) is 7.64. The third-order valence-electron chi connectivity index (χ3n) is 5.64. The summed E-state index contributed by atoms with van der Waals surface area (Å²) in [6.07, 6.45) is 4.98. The fourth-order valence-corrected chi connectivity index (χ4v) is 6.23. The quantitative estimate of drug-likeness (QED) is 0.779. The number of carbonyl (C=O) groups is 1. The lowest BCUT2D eigenvalue weighted by atomic mass is 9.83. The fourth-order valence-electron chi connectivity index (χ4n) is 4.37. The number of likely N-dealkylation sites (N-methyl/N-ethyl adjacent to an activating group) is 1. The second kappa shape index (κ2) is 7.67. The number of sulfone groups is 1. The summed E-state index contributed by atoms with van der Waals surface area (Å²) in [6.45, 7) is 2.49. The van der Waals surface area contributed by atoms with Gasteiger partial charge in [0.1, 0.15) is 0 Å². The Balaban J connectivity index is 1.88. The Labute approximate surface area is 155 Å². The number of nitrogens with zero attached hydrogens (tertiary/aromatic N) is 1. The maximum atomic E-state index is 13.4. The molecule has 3 rings (SSSR count). The zero-order valence-corrected chi connectivity index (χ0v) is 16.2. The summed E-state index contributed by atoms with van der Waals surface area (Å²) in [5.74, 6) is 0.517. The van der Waals surface area contributed by atoms with Crippen LogP contribution >= 0.6 is 11.6 Å². The molecular formula is C19H26ClNO3S. The van der Waals surface area contributed by atoms with Crippen molar-refractivity contribution >= 4 is 27.3 Å². The first kappa shape index (κ1) is 18.7. The van der Waals surface area contributed by atoms with Crippen LogP contribution in [0.3, 0.4) is 0 Å². The molecule has 1 saturated heterocycles. The minimum atomic E-state index is -3.01. The molecule has 1 aromatic rings. The predicted octanol–water partition coefficient (Wildman–Crippen LogP) is 3.65. The van der Waals surface area contributed by atoms with Crippen molar-refractivity contribution < 1.29 is 13.2 Å².